The minimum atomic E-state index is -5.76. The van der Waals surface area contributed by atoms with Crippen LogP contribution in [0.5, 0.6) is 0 Å². The summed E-state index contributed by atoms with van der Waals surface area (Å²) in [6, 6.07) is 13.6. The molecule has 6 N–H and O–H groups in total. The number of carbonyl (C=O) groups excluding carboxylic acids is 1. The molecule has 1 amide bonds. The predicted molar refractivity (Wildman–Crippen MR) is 182 cm³/mol. The van der Waals surface area contributed by atoms with Gasteiger partial charge in [-0.25, -0.2) is 18.7 Å². The van der Waals surface area contributed by atoms with Crippen molar-refractivity contribution < 1.29 is 61.1 Å². The van der Waals surface area contributed by atoms with Crippen LogP contribution < -0.4 is 15.4 Å². The highest BCUT2D eigenvalue weighted by Gasteiger charge is 2.46. The topological polar surface area (TPSA) is 259 Å². The third kappa shape index (κ3) is 7.11. The van der Waals surface area contributed by atoms with Crippen molar-refractivity contribution in [2.45, 2.75) is 44.6 Å². The molecule has 270 valence electrons. The van der Waals surface area contributed by atoms with Gasteiger partial charge in [-0.3, -0.25) is 19.0 Å². The number of phosphoric acid groups is 3. The fourth-order valence-electron chi connectivity index (χ4n) is 6.54. The second kappa shape index (κ2) is 12.8. The zero-order valence-corrected chi connectivity index (χ0v) is 29.4. The van der Waals surface area contributed by atoms with Gasteiger partial charge in [0.2, 0.25) is 0 Å². The zero-order valence-electron chi connectivity index (χ0n) is 26.7. The fraction of sp³-hybridized carbons (Fsp3) is 0.300. The van der Waals surface area contributed by atoms with Gasteiger partial charge in [-0.1, -0.05) is 37.3 Å². The van der Waals surface area contributed by atoms with Crippen LogP contribution in [-0.4, -0.2) is 72.3 Å². The number of nitrogens with one attached hydrogen (secondary N) is 1. The number of ether oxygens (including phenoxy) is 1. The highest BCUT2D eigenvalue weighted by atomic mass is 31.3. The Kier molecular flexibility index (Phi) is 8.99. The Morgan fingerprint density at radius 2 is 1.73 bits per heavy atom. The number of aromatic amines is 1. The Balaban J connectivity index is 1.13. The van der Waals surface area contributed by atoms with E-state index in [1.165, 1.54) is 15.4 Å². The SMILES string of the molecule is Cc1nc2c(c(=O)[nH]1)N(C(=O)c1ccc3ccc4cc5c(cc4c3c1)C(C)C=C5)CN2C1CC(O)C(COP(=O)(O)OP(=O)(O)OP(=O)(O)O)O1. The van der Waals surface area contributed by atoms with Crippen molar-refractivity contribution in [3.05, 3.63) is 81.4 Å². The number of nitrogens with zero attached hydrogens (tertiary/aromatic N) is 3. The molecule has 0 saturated carbocycles. The van der Waals surface area contributed by atoms with E-state index in [1.54, 1.807) is 19.1 Å². The highest BCUT2D eigenvalue weighted by Crippen LogP contribution is 2.66. The van der Waals surface area contributed by atoms with Crippen molar-refractivity contribution in [1.82, 2.24) is 9.97 Å². The molecular formula is C30H31N4O14P3. The predicted octanol–water partition coefficient (Wildman–Crippen LogP) is 3.76. The molecule has 2 aliphatic heterocycles. The lowest BCUT2D eigenvalue weighted by molar-refractivity contribution is -0.0216. The van der Waals surface area contributed by atoms with E-state index in [1.807, 2.05) is 18.2 Å². The van der Waals surface area contributed by atoms with Crippen LogP contribution in [0.4, 0.5) is 11.5 Å². The molecule has 0 bridgehead atoms. The minimum Gasteiger partial charge on any atom is -0.390 e. The number of allylic oxidation sites excluding steroid dienone is 1. The number of aryl methyl sites for hydroxylation is 1. The molecule has 0 radical (unpaired) electrons. The number of carbonyl (C=O) groups is 1. The van der Waals surface area contributed by atoms with Gasteiger partial charge in [-0.15, -0.1) is 0 Å². The second-order valence-corrected chi connectivity index (χ2v) is 16.8. The van der Waals surface area contributed by atoms with E-state index in [4.69, 9.17) is 14.5 Å². The maximum atomic E-state index is 14.2. The summed E-state index contributed by atoms with van der Waals surface area (Å²) < 4.78 is 52.7. The molecule has 3 aromatic carbocycles. The first-order chi connectivity index (χ1) is 23.9. The summed E-state index contributed by atoms with van der Waals surface area (Å²) in [4.78, 5) is 73.9. The van der Waals surface area contributed by atoms with Gasteiger partial charge in [-0.05, 0) is 69.8 Å². The van der Waals surface area contributed by atoms with Crippen molar-refractivity contribution in [1.29, 1.82) is 0 Å². The Morgan fingerprint density at radius 1 is 1.02 bits per heavy atom. The largest absolute Gasteiger partial charge is 0.490 e. The molecule has 7 rings (SSSR count). The van der Waals surface area contributed by atoms with E-state index >= 15 is 0 Å². The van der Waals surface area contributed by atoms with Gasteiger partial charge in [0.15, 0.2) is 11.5 Å². The number of hydrogen-bond acceptors (Lipinski definition) is 12. The summed E-state index contributed by atoms with van der Waals surface area (Å²) in [5.41, 5.74) is 1.97. The standard InChI is InChI=1S/C30H31N4O14P3/c1-15-3-4-18-9-19-7-5-17-6-8-20(10-22(17)23(19)11-21(15)18)30(37)34-14-33(28-27(34)29(36)32-16(2)31-28)26-12-24(35)25(46-26)13-45-50(41,42)48-51(43,44)47-49(38,39)40/h3-11,15,24-26,35H,12-14H2,1-2H3,(H,41,42)(H,43,44)(H,31,32,36)(H2,38,39,40). The molecule has 6 unspecified atom stereocenters. The molecular weight excluding hydrogens is 733 g/mol. The molecule has 51 heavy (non-hydrogen) atoms. The molecule has 0 spiro atoms. The first-order valence-corrected chi connectivity index (χ1v) is 19.9. The van der Waals surface area contributed by atoms with Gasteiger partial charge in [0, 0.05) is 12.0 Å². The van der Waals surface area contributed by atoms with E-state index in [-0.39, 0.29) is 36.3 Å². The van der Waals surface area contributed by atoms with Gasteiger partial charge in [0.25, 0.3) is 11.5 Å². The van der Waals surface area contributed by atoms with E-state index in [2.05, 4.69) is 54.3 Å². The van der Waals surface area contributed by atoms with E-state index in [9.17, 15) is 38.2 Å². The molecule has 1 saturated heterocycles. The van der Waals surface area contributed by atoms with E-state index in [0.29, 0.717) is 5.56 Å². The summed E-state index contributed by atoms with van der Waals surface area (Å²) >= 11 is 0. The number of amides is 1. The molecule has 18 nitrogen and oxygen atoms in total. The lowest BCUT2D eigenvalue weighted by Gasteiger charge is -2.26. The van der Waals surface area contributed by atoms with Gasteiger partial charge < -0.3 is 39.3 Å². The minimum absolute atomic E-state index is 0.0591. The first-order valence-electron chi connectivity index (χ1n) is 15.4. The van der Waals surface area contributed by atoms with Crippen LogP contribution in [0.2, 0.25) is 0 Å². The average Bonchev–Trinajstić information content (AvgIpc) is 3.71. The lowest BCUT2D eigenvalue weighted by Crippen LogP contribution is -2.41. The quantitative estimate of drug-likeness (QED) is 0.105. The van der Waals surface area contributed by atoms with Crippen molar-refractivity contribution >= 4 is 68.5 Å². The Bertz CT molecular complexity index is 2340. The zero-order chi connectivity index (χ0) is 36.6. The summed E-state index contributed by atoms with van der Waals surface area (Å²) in [7, 11) is -16.8. The summed E-state index contributed by atoms with van der Waals surface area (Å²) in [6.45, 7) is 2.54. The third-order valence-electron chi connectivity index (χ3n) is 8.79. The summed E-state index contributed by atoms with van der Waals surface area (Å²) in [5, 5.41) is 14.5. The van der Waals surface area contributed by atoms with Crippen LogP contribution in [0.1, 0.15) is 46.6 Å². The number of phosphoric ester groups is 1. The molecule has 21 heteroatoms. The third-order valence-corrected chi connectivity index (χ3v) is 12.6. The number of aliphatic hydroxyl groups is 1. The van der Waals surface area contributed by atoms with Gasteiger partial charge >= 0.3 is 23.5 Å². The smallest absolute Gasteiger partial charge is 0.390 e. The number of benzene rings is 3. The Morgan fingerprint density at radius 3 is 2.47 bits per heavy atom. The number of H-pyrrole nitrogens is 1. The van der Waals surface area contributed by atoms with Crippen molar-refractivity contribution in [2.75, 3.05) is 23.1 Å². The number of fused-ring (bicyclic) bond motifs is 5. The van der Waals surface area contributed by atoms with Gasteiger partial charge in [0.05, 0.1) is 12.7 Å². The van der Waals surface area contributed by atoms with E-state index < -0.39 is 60.0 Å². The number of aliphatic hydroxyl groups excluding tert-OH is 1. The monoisotopic (exact) mass is 764 g/mol. The second-order valence-electron chi connectivity index (χ2n) is 12.3. The molecule has 3 aliphatic rings. The molecule has 4 aromatic rings. The highest BCUT2D eigenvalue weighted by molar-refractivity contribution is 7.66. The molecule has 3 heterocycles. The molecule has 6 atom stereocenters. The van der Waals surface area contributed by atoms with Crippen LogP contribution in [-0.2, 0) is 31.6 Å². The maximum Gasteiger partial charge on any atom is 0.490 e. The van der Waals surface area contributed by atoms with Crippen molar-refractivity contribution in [3.8, 4) is 0 Å². The average molecular weight is 765 g/mol. The van der Waals surface area contributed by atoms with Gasteiger partial charge in [0.1, 0.15) is 24.8 Å². The van der Waals surface area contributed by atoms with Crippen LogP contribution >= 0.6 is 23.5 Å². The number of aromatic nitrogens is 2. The van der Waals surface area contributed by atoms with Crippen LogP contribution in [0.3, 0.4) is 0 Å². The van der Waals surface area contributed by atoms with Crippen LogP contribution in [0.25, 0.3) is 27.6 Å². The molecule has 1 aromatic heterocycles. The molecule has 1 aliphatic carbocycles. The summed E-state index contributed by atoms with van der Waals surface area (Å²) in [6.07, 6.45) is 0.336. The van der Waals surface area contributed by atoms with Crippen LogP contribution in [0.15, 0.2) is 53.3 Å². The van der Waals surface area contributed by atoms with Crippen LogP contribution in [0, 0.1) is 6.92 Å². The normalized spacial score (nSPS) is 23.8. The van der Waals surface area contributed by atoms with E-state index in [0.717, 1.165) is 27.1 Å². The number of anilines is 2. The maximum absolute atomic E-state index is 14.2. The van der Waals surface area contributed by atoms with Gasteiger partial charge in [-0.2, -0.15) is 8.62 Å². The van der Waals surface area contributed by atoms with Crippen molar-refractivity contribution in [2.24, 2.45) is 0 Å². The molecule has 1 fully saturated rings. The Hall–Kier alpha value is -3.60. The number of rotatable bonds is 9. The first kappa shape index (κ1) is 35.8. The van der Waals surface area contributed by atoms with Crippen molar-refractivity contribution in [3.63, 3.8) is 0 Å². The summed E-state index contributed by atoms with van der Waals surface area (Å²) in [5.74, 6) is 0.0538. The fourth-order valence-corrected chi connectivity index (χ4v) is 9.57. The number of hydrogen-bond donors (Lipinski definition) is 6. The Labute approximate surface area is 288 Å². The lowest BCUT2D eigenvalue weighted by atomic mass is 9.94.